The molecule has 1 saturated heterocycles. The van der Waals surface area contributed by atoms with Gasteiger partial charge < -0.3 is 19.5 Å². The van der Waals surface area contributed by atoms with Gasteiger partial charge in [-0.05, 0) is 45.7 Å². The molecule has 1 aromatic carbocycles. The highest BCUT2D eigenvalue weighted by molar-refractivity contribution is 6.32. The van der Waals surface area contributed by atoms with Crippen molar-refractivity contribution in [3.8, 4) is 11.5 Å². The number of benzene rings is 1. The lowest BCUT2D eigenvalue weighted by Gasteiger charge is -2.33. The highest BCUT2D eigenvalue weighted by Crippen LogP contribution is 2.29. The van der Waals surface area contributed by atoms with Gasteiger partial charge in [-0.2, -0.15) is 0 Å². The number of rotatable bonds is 3. The van der Waals surface area contributed by atoms with E-state index in [0.29, 0.717) is 22.5 Å². The van der Waals surface area contributed by atoms with Gasteiger partial charge in [0.25, 0.3) is 0 Å². The average Bonchev–Trinajstić information content (AvgIpc) is 3.04. The summed E-state index contributed by atoms with van der Waals surface area (Å²) in [6.07, 6.45) is 2.82. The molecule has 0 bridgehead atoms. The Morgan fingerprint density at radius 2 is 1.90 bits per heavy atom. The van der Waals surface area contributed by atoms with Crippen molar-refractivity contribution < 1.29 is 9.53 Å². The molecule has 1 aliphatic heterocycles. The highest BCUT2D eigenvalue weighted by atomic mass is 35.5. The Bertz CT molecular complexity index is 1100. The smallest absolute Gasteiger partial charge is 0.407 e. The van der Waals surface area contributed by atoms with Crippen LogP contribution in [0.15, 0.2) is 30.5 Å². The second-order valence-corrected chi connectivity index (χ2v) is 9.16. The van der Waals surface area contributed by atoms with E-state index in [1.807, 2.05) is 56.7 Å². The van der Waals surface area contributed by atoms with Crippen molar-refractivity contribution in [2.45, 2.75) is 45.3 Å². The van der Waals surface area contributed by atoms with Crippen molar-refractivity contribution in [3.05, 3.63) is 35.5 Å². The average molecular weight is 443 g/mol. The number of piperidine rings is 1. The van der Waals surface area contributed by atoms with Crippen LogP contribution in [0.5, 0.6) is 0 Å². The molecule has 1 N–H and O–H groups in total. The van der Waals surface area contributed by atoms with Crippen LogP contribution in [0, 0.1) is 0 Å². The zero-order valence-electron chi connectivity index (χ0n) is 18.2. The van der Waals surface area contributed by atoms with Gasteiger partial charge in [-0.3, -0.25) is 0 Å². The topological polar surface area (TPSA) is 85.2 Å². The van der Waals surface area contributed by atoms with E-state index in [1.54, 1.807) is 6.20 Å². The van der Waals surface area contributed by atoms with E-state index in [9.17, 15) is 4.79 Å². The number of aryl methyl sites for hydroxylation is 1. The summed E-state index contributed by atoms with van der Waals surface area (Å²) in [5.74, 6) is 1.32. The molecule has 0 atom stereocenters. The quantitative estimate of drug-likeness (QED) is 0.655. The number of carbonyl (C=O) groups is 1. The zero-order valence-corrected chi connectivity index (χ0v) is 19.0. The second kappa shape index (κ2) is 8.34. The van der Waals surface area contributed by atoms with Gasteiger partial charge in [-0.1, -0.05) is 23.7 Å². The van der Waals surface area contributed by atoms with Crippen molar-refractivity contribution in [2.75, 3.05) is 18.0 Å². The Morgan fingerprint density at radius 1 is 1.19 bits per heavy atom. The van der Waals surface area contributed by atoms with Gasteiger partial charge in [0.15, 0.2) is 5.82 Å². The molecule has 0 saturated carbocycles. The fourth-order valence-electron chi connectivity index (χ4n) is 3.72. The molecule has 0 radical (unpaired) electrons. The Labute approximate surface area is 186 Å². The predicted molar refractivity (Wildman–Crippen MR) is 121 cm³/mol. The van der Waals surface area contributed by atoms with Crippen LogP contribution in [-0.2, 0) is 11.8 Å². The van der Waals surface area contributed by atoms with Crippen LogP contribution in [0.1, 0.15) is 33.6 Å². The monoisotopic (exact) mass is 442 g/mol. The number of hydrogen-bond donors (Lipinski definition) is 1. The van der Waals surface area contributed by atoms with Crippen molar-refractivity contribution in [1.82, 2.24) is 24.8 Å². The van der Waals surface area contributed by atoms with Crippen LogP contribution in [-0.4, -0.2) is 50.3 Å². The normalized spacial score (nSPS) is 15.3. The van der Waals surface area contributed by atoms with E-state index in [-0.39, 0.29) is 12.1 Å². The number of fused-ring (bicyclic) bond motifs is 1. The SMILES string of the molecule is Cn1c(-c2nc(N3CCC(NC(=O)OC(C)(C)C)CC3)ncc2Cl)nc2ccccc21. The Hall–Kier alpha value is -2.87. The maximum atomic E-state index is 12.0. The van der Waals surface area contributed by atoms with E-state index < -0.39 is 5.60 Å². The molecular formula is C22H27ClN6O2. The summed E-state index contributed by atoms with van der Waals surface area (Å²) in [6.45, 7) is 7.02. The van der Waals surface area contributed by atoms with E-state index in [2.05, 4.69) is 15.2 Å². The van der Waals surface area contributed by atoms with Crippen LogP contribution in [0.4, 0.5) is 10.7 Å². The third kappa shape index (κ3) is 4.74. The van der Waals surface area contributed by atoms with Crippen molar-refractivity contribution in [2.24, 2.45) is 7.05 Å². The molecule has 1 fully saturated rings. The number of alkyl carbamates (subject to hydrolysis) is 1. The van der Waals surface area contributed by atoms with Crippen LogP contribution >= 0.6 is 11.6 Å². The number of imidazole rings is 1. The first-order valence-corrected chi connectivity index (χ1v) is 10.8. The van der Waals surface area contributed by atoms with Gasteiger partial charge in [0.05, 0.1) is 22.3 Å². The summed E-state index contributed by atoms with van der Waals surface area (Å²) in [5, 5.41) is 3.41. The van der Waals surface area contributed by atoms with Gasteiger partial charge in [0, 0.05) is 26.2 Å². The lowest BCUT2D eigenvalue weighted by molar-refractivity contribution is 0.0497. The lowest BCUT2D eigenvalue weighted by Crippen LogP contribution is -2.46. The third-order valence-electron chi connectivity index (χ3n) is 5.23. The second-order valence-electron chi connectivity index (χ2n) is 8.76. The number of ether oxygens (including phenoxy) is 1. The van der Waals surface area contributed by atoms with Gasteiger partial charge >= 0.3 is 6.09 Å². The molecular weight excluding hydrogens is 416 g/mol. The molecule has 0 spiro atoms. The molecule has 8 nitrogen and oxygen atoms in total. The maximum absolute atomic E-state index is 12.0. The predicted octanol–water partition coefficient (Wildman–Crippen LogP) is 4.18. The number of nitrogens with zero attached hydrogens (tertiary/aromatic N) is 5. The van der Waals surface area contributed by atoms with E-state index in [4.69, 9.17) is 26.3 Å². The standard InChI is InChI=1S/C22H27ClN6O2/c1-22(2,3)31-21(30)25-14-9-11-29(12-10-14)20-24-13-15(23)18(27-20)19-26-16-7-5-6-8-17(16)28(19)4/h5-8,13-14H,9-12H2,1-4H3,(H,25,30). The van der Waals surface area contributed by atoms with Gasteiger partial charge in [0.1, 0.15) is 11.3 Å². The molecule has 4 rings (SSSR count). The summed E-state index contributed by atoms with van der Waals surface area (Å²) in [6, 6.07) is 8.00. The number of amides is 1. The van der Waals surface area contributed by atoms with E-state index in [1.165, 1.54) is 0 Å². The minimum Gasteiger partial charge on any atom is -0.444 e. The summed E-state index contributed by atoms with van der Waals surface area (Å²) in [4.78, 5) is 28.0. The minimum absolute atomic E-state index is 0.0673. The first-order valence-electron chi connectivity index (χ1n) is 10.4. The fourth-order valence-corrected chi connectivity index (χ4v) is 3.90. The van der Waals surface area contributed by atoms with Crippen LogP contribution in [0.2, 0.25) is 5.02 Å². The summed E-state index contributed by atoms with van der Waals surface area (Å²) >= 11 is 6.44. The van der Waals surface area contributed by atoms with Crippen molar-refractivity contribution >= 4 is 34.7 Å². The number of hydrogen-bond acceptors (Lipinski definition) is 6. The number of halogens is 1. The largest absolute Gasteiger partial charge is 0.444 e. The summed E-state index contributed by atoms with van der Waals surface area (Å²) < 4.78 is 7.34. The molecule has 3 aromatic rings. The number of carbonyl (C=O) groups excluding carboxylic acids is 1. The Balaban J connectivity index is 1.48. The van der Waals surface area contributed by atoms with Gasteiger partial charge in [0.2, 0.25) is 5.95 Å². The van der Waals surface area contributed by atoms with E-state index in [0.717, 1.165) is 37.0 Å². The van der Waals surface area contributed by atoms with Crippen LogP contribution in [0.3, 0.4) is 0 Å². The summed E-state index contributed by atoms with van der Waals surface area (Å²) in [7, 11) is 1.95. The molecule has 3 heterocycles. The number of aromatic nitrogens is 4. The van der Waals surface area contributed by atoms with Gasteiger partial charge in [-0.15, -0.1) is 0 Å². The molecule has 2 aromatic heterocycles. The molecule has 164 valence electrons. The first kappa shape index (κ1) is 21.4. The molecule has 1 amide bonds. The van der Waals surface area contributed by atoms with Gasteiger partial charge in [-0.25, -0.2) is 19.7 Å². The van der Waals surface area contributed by atoms with Crippen molar-refractivity contribution in [1.29, 1.82) is 0 Å². The Morgan fingerprint density at radius 3 is 2.58 bits per heavy atom. The number of nitrogens with one attached hydrogen (secondary N) is 1. The molecule has 9 heteroatoms. The highest BCUT2D eigenvalue weighted by Gasteiger charge is 2.25. The lowest BCUT2D eigenvalue weighted by atomic mass is 10.1. The van der Waals surface area contributed by atoms with E-state index >= 15 is 0 Å². The molecule has 1 aliphatic rings. The van der Waals surface area contributed by atoms with Crippen LogP contribution < -0.4 is 10.2 Å². The fraction of sp³-hybridized carbons (Fsp3) is 0.455. The molecule has 0 aliphatic carbocycles. The molecule has 0 unspecified atom stereocenters. The van der Waals surface area contributed by atoms with Crippen molar-refractivity contribution in [3.63, 3.8) is 0 Å². The maximum Gasteiger partial charge on any atom is 0.407 e. The number of para-hydroxylation sites is 2. The Kier molecular flexibility index (Phi) is 5.75. The molecule has 31 heavy (non-hydrogen) atoms. The minimum atomic E-state index is -0.506. The zero-order chi connectivity index (χ0) is 22.2. The summed E-state index contributed by atoms with van der Waals surface area (Å²) in [5.41, 5.74) is 2.01. The first-order chi connectivity index (χ1) is 14.7. The van der Waals surface area contributed by atoms with Crippen LogP contribution in [0.25, 0.3) is 22.6 Å². The number of anilines is 1. The third-order valence-corrected chi connectivity index (χ3v) is 5.51.